The summed E-state index contributed by atoms with van der Waals surface area (Å²) in [4.78, 5) is 11.3. The summed E-state index contributed by atoms with van der Waals surface area (Å²) in [7, 11) is 0. The van der Waals surface area contributed by atoms with Crippen molar-refractivity contribution < 1.29 is 24.5 Å². The zero-order chi connectivity index (χ0) is 20.5. The smallest absolute Gasteiger partial charge is 0.344 e. The van der Waals surface area contributed by atoms with Crippen LogP contribution in [0.2, 0.25) is 5.02 Å². The van der Waals surface area contributed by atoms with Crippen LogP contribution in [0.1, 0.15) is 31.1 Å². The van der Waals surface area contributed by atoms with E-state index in [1.807, 2.05) is 13.0 Å². The Balaban J connectivity index is 0.00000420. The van der Waals surface area contributed by atoms with E-state index in [-0.39, 0.29) is 30.8 Å². The Bertz CT molecular complexity index is 770. The fraction of sp³-hybridized carbons (Fsp3) is 0.381. The standard InChI is InChI=1S/C21H26ClNO5.ClH/c1-3-27-20(25)13-28-19-9-4-15(12-18(19)22)10-11-23-14(2)21(26)16-5-7-17(24)8-6-16;/h4-9,12,14,21,23-24,26H,3,10-11,13H2,1-2H3;1H/t14-,21+;/m0./s1. The largest absolute Gasteiger partial charge is 0.508 e. The van der Waals surface area contributed by atoms with Crippen LogP contribution < -0.4 is 10.1 Å². The van der Waals surface area contributed by atoms with E-state index >= 15 is 0 Å². The first-order valence-electron chi connectivity index (χ1n) is 9.18. The number of phenols is 1. The molecular formula is C21H27Cl2NO5. The van der Waals surface area contributed by atoms with E-state index < -0.39 is 12.1 Å². The van der Waals surface area contributed by atoms with Crippen LogP contribution >= 0.6 is 24.0 Å². The van der Waals surface area contributed by atoms with Crippen molar-refractivity contribution in [1.82, 2.24) is 5.32 Å². The van der Waals surface area contributed by atoms with Gasteiger partial charge in [-0.2, -0.15) is 0 Å². The average molecular weight is 444 g/mol. The van der Waals surface area contributed by atoms with E-state index in [0.717, 1.165) is 11.1 Å². The molecule has 0 heterocycles. The van der Waals surface area contributed by atoms with Crippen LogP contribution in [-0.2, 0) is 16.0 Å². The Morgan fingerprint density at radius 2 is 1.90 bits per heavy atom. The van der Waals surface area contributed by atoms with Gasteiger partial charge in [-0.1, -0.05) is 29.8 Å². The summed E-state index contributed by atoms with van der Waals surface area (Å²) in [6, 6.07) is 11.8. The van der Waals surface area contributed by atoms with Crippen molar-refractivity contribution in [2.75, 3.05) is 19.8 Å². The topological polar surface area (TPSA) is 88.0 Å². The van der Waals surface area contributed by atoms with E-state index in [9.17, 15) is 15.0 Å². The predicted molar refractivity (Wildman–Crippen MR) is 115 cm³/mol. The molecule has 2 rings (SSSR count). The molecule has 0 unspecified atom stereocenters. The van der Waals surface area contributed by atoms with Gasteiger partial charge in [-0.05, 0) is 62.2 Å². The van der Waals surface area contributed by atoms with Crippen LogP contribution in [0.3, 0.4) is 0 Å². The van der Waals surface area contributed by atoms with E-state index in [2.05, 4.69) is 5.32 Å². The molecule has 2 aromatic rings. The Kier molecular flexibility index (Phi) is 10.8. The molecule has 0 saturated heterocycles. The highest BCUT2D eigenvalue weighted by Crippen LogP contribution is 2.26. The molecule has 0 bridgehead atoms. The maximum Gasteiger partial charge on any atom is 0.344 e. The number of rotatable bonds is 10. The van der Waals surface area contributed by atoms with Gasteiger partial charge in [-0.15, -0.1) is 12.4 Å². The normalized spacial score (nSPS) is 12.6. The van der Waals surface area contributed by atoms with Crippen molar-refractivity contribution in [2.24, 2.45) is 0 Å². The molecular weight excluding hydrogens is 417 g/mol. The number of hydrogen-bond acceptors (Lipinski definition) is 6. The number of phenolic OH excluding ortho intramolecular Hbond substituents is 1. The lowest BCUT2D eigenvalue weighted by Gasteiger charge is -2.21. The Hall–Kier alpha value is -1.99. The number of aliphatic hydroxyl groups is 1. The number of aliphatic hydroxyl groups excluding tert-OH is 1. The quantitative estimate of drug-likeness (QED) is 0.485. The Labute approximate surface area is 182 Å². The van der Waals surface area contributed by atoms with Crippen LogP contribution in [-0.4, -0.2) is 42.0 Å². The monoisotopic (exact) mass is 443 g/mol. The van der Waals surface area contributed by atoms with E-state index in [1.165, 1.54) is 0 Å². The first kappa shape index (κ1) is 25.0. The number of esters is 1. The average Bonchev–Trinajstić information content (AvgIpc) is 2.67. The van der Waals surface area contributed by atoms with Crippen molar-refractivity contribution in [3.63, 3.8) is 0 Å². The lowest BCUT2D eigenvalue weighted by atomic mass is 10.0. The van der Waals surface area contributed by atoms with Crippen molar-refractivity contribution in [1.29, 1.82) is 0 Å². The molecule has 0 aliphatic carbocycles. The van der Waals surface area contributed by atoms with Gasteiger partial charge in [0.15, 0.2) is 6.61 Å². The number of carbonyl (C=O) groups excluding carboxylic acids is 1. The zero-order valence-electron chi connectivity index (χ0n) is 16.4. The van der Waals surface area contributed by atoms with Crippen LogP contribution in [0.4, 0.5) is 0 Å². The third kappa shape index (κ3) is 8.11. The number of halogens is 2. The Morgan fingerprint density at radius 1 is 1.21 bits per heavy atom. The number of ether oxygens (including phenoxy) is 2. The van der Waals surface area contributed by atoms with Crippen molar-refractivity contribution in [2.45, 2.75) is 32.4 Å². The number of aromatic hydroxyl groups is 1. The van der Waals surface area contributed by atoms with Gasteiger partial charge in [-0.3, -0.25) is 0 Å². The van der Waals surface area contributed by atoms with Crippen molar-refractivity contribution in [3.05, 3.63) is 58.6 Å². The molecule has 0 aliphatic heterocycles. The van der Waals surface area contributed by atoms with Crippen LogP contribution in [0, 0.1) is 0 Å². The molecule has 0 spiro atoms. The summed E-state index contributed by atoms with van der Waals surface area (Å²) in [6.45, 7) is 4.41. The van der Waals surface area contributed by atoms with Crippen LogP contribution in [0.15, 0.2) is 42.5 Å². The van der Waals surface area contributed by atoms with Gasteiger partial charge in [0, 0.05) is 6.04 Å². The molecule has 0 fully saturated rings. The SMILES string of the molecule is CCOC(=O)COc1ccc(CCN[C@@H](C)[C@@H](O)c2ccc(O)cc2)cc1Cl.Cl. The first-order chi connectivity index (χ1) is 13.4. The summed E-state index contributed by atoms with van der Waals surface area (Å²) in [6.07, 6.45) is 0.0349. The second-order valence-corrected chi connectivity index (χ2v) is 6.79. The first-order valence-corrected chi connectivity index (χ1v) is 9.55. The fourth-order valence-electron chi connectivity index (χ4n) is 2.67. The highest BCUT2D eigenvalue weighted by molar-refractivity contribution is 6.32. The minimum atomic E-state index is -0.678. The molecule has 2 atom stereocenters. The number of carbonyl (C=O) groups is 1. The minimum Gasteiger partial charge on any atom is -0.508 e. The third-order valence-electron chi connectivity index (χ3n) is 4.24. The summed E-state index contributed by atoms with van der Waals surface area (Å²) < 4.78 is 10.2. The van der Waals surface area contributed by atoms with Crippen molar-refractivity contribution >= 4 is 30.0 Å². The summed E-state index contributed by atoms with van der Waals surface area (Å²) >= 11 is 6.22. The van der Waals surface area contributed by atoms with E-state index in [4.69, 9.17) is 21.1 Å². The summed E-state index contributed by atoms with van der Waals surface area (Å²) in [5.41, 5.74) is 1.75. The maximum atomic E-state index is 11.3. The molecule has 6 nitrogen and oxygen atoms in total. The second kappa shape index (κ2) is 12.5. The molecule has 29 heavy (non-hydrogen) atoms. The number of benzene rings is 2. The zero-order valence-corrected chi connectivity index (χ0v) is 18.0. The van der Waals surface area contributed by atoms with Gasteiger partial charge in [0.1, 0.15) is 11.5 Å². The molecule has 0 aromatic heterocycles. The molecule has 0 saturated carbocycles. The maximum absolute atomic E-state index is 11.3. The van der Waals surface area contributed by atoms with Gasteiger partial charge in [-0.25, -0.2) is 4.79 Å². The van der Waals surface area contributed by atoms with Gasteiger partial charge in [0.05, 0.1) is 17.7 Å². The van der Waals surface area contributed by atoms with E-state index in [1.54, 1.807) is 43.3 Å². The molecule has 0 aliphatic rings. The summed E-state index contributed by atoms with van der Waals surface area (Å²) in [5, 5.41) is 23.4. The van der Waals surface area contributed by atoms with Crippen LogP contribution in [0.25, 0.3) is 0 Å². The molecule has 8 heteroatoms. The highest BCUT2D eigenvalue weighted by Gasteiger charge is 2.15. The minimum absolute atomic E-state index is 0. The fourth-order valence-corrected chi connectivity index (χ4v) is 2.93. The van der Waals surface area contributed by atoms with Crippen molar-refractivity contribution in [3.8, 4) is 11.5 Å². The lowest BCUT2D eigenvalue weighted by Crippen LogP contribution is -2.33. The molecule has 0 radical (unpaired) electrons. The van der Waals surface area contributed by atoms with Crippen LogP contribution in [0.5, 0.6) is 11.5 Å². The van der Waals surface area contributed by atoms with Gasteiger partial charge < -0.3 is 25.0 Å². The predicted octanol–water partition coefficient (Wildman–Crippen LogP) is 3.66. The molecule has 0 amide bonds. The Morgan fingerprint density at radius 3 is 2.52 bits per heavy atom. The second-order valence-electron chi connectivity index (χ2n) is 6.39. The van der Waals surface area contributed by atoms with Gasteiger partial charge >= 0.3 is 5.97 Å². The molecule has 2 aromatic carbocycles. The van der Waals surface area contributed by atoms with E-state index in [0.29, 0.717) is 30.3 Å². The number of hydrogen-bond donors (Lipinski definition) is 3. The molecule has 160 valence electrons. The summed E-state index contributed by atoms with van der Waals surface area (Å²) in [5.74, 6) is 0.165. The van der Waals surface area contributed by atoms with Gasteiger partial charge in [0.2, 0.25) is 0 Å². The highest BCUT2D eigenvalue weighted by atomic mass is 35.5. The van der Waals surface area contributed by atoms with Gasteiger partial charge in [0.25, 0.3) is 0 Å². The lowest BCUT2D eigenvalue weighted by molar-refractivity contribution is -0.145. The third-order valence-corrected chi connectivity index (χ3v) is 4.53. The number of nitrogens with one attached hydrogen (secondary N) is 1. The molecule has 3 N–H and O–H groups in total.